The fourth-order valence-corrected chi connectivity index (χ4v) is 2.97. The highest BCUT2D eigenvalue weighted by Crippen LogP contribution is 2.14. The molecule has 2 aromatic rings. The number of halogens is 1. The number of piperazine rings is 1. The van der Waals surface area contributed by atoms with Gasteiger partial charge in [0.05, 0.1) is 37.8 Å². The summed E-state index contributed by atoms with van der Waals surface area (Å²) in [5.74, 6) is -0.262. The van der Waals surface area contributed by atoms with Crippen molar-refractivity contribution in [3.63, 3.8) is 0 Å². The molecule has 0 atom stereocenters. The zero-order chi connectivity index (χ0) is 17.6. The maximum Gasteiger partial charge on any atom is 0.279 e. The van der Waals surface area contributed by atoms with E-state index >= 15 is 0 Å². The highest BCUT2D eigenvalue weighted by molar-refractivity contribution is 5.91. The zero-order valence-electron chi connectivity index (χ0n) is 13.8. The van der Waals surface area contributed by atoms with Crippen molar-refractivity contribution in [3.8, 4) is 6.07 Å². The van der Waals surface area contributed by atoms with Gasteiger partial charge in [0.1, 0.15) is 5.82 Å². The number of amides is 1. The molecule has 3 rings (SSSR count). The highest BCUT2D eigenvalue weighted by Gasteiger charge is 2.22. The number of nitriles is 1. The van der Waals surface area contributed by atoms with Gasteiger partial charge in [0.2, 0.25) is 0 Å². The van der Waals surface area contributed by atoms with Crippen LogP contribution in [0, 0.1) is 17.1 Å². The molecule has 0 aliphatic carbocycles. The van der Waals surface area contributed by atoms with Crippen molar-refractivity contribution < 1.29 is 14.1 Å². The molecular formula is C19H20FN4O+. The van der Waals surface area contributed by atoms with Gasteiger partial charge in [-0.3, -0.25) is 4.79 Å². The number of anilines is 2. The van der Waals surface area contributed by atoms with Gasteiger partial charge < -0.3 is 15.1 Å². The predicted octanol–water partition coefficient (Wildman–Crippen LogP) is 1.04. The molecule has 128 valence electrons. The second kappa shape index (κ2) is 7.77. The minimum atomic E-state index is -0.229. The molecule has 1 fully saturated rings. The normalized spacial score (nSPS) is 14.8. The van der Waals surface area contributed by atoms with Crippen LogP contribution >= 0.6 is 0 Å². The van der Waals surface area contributed by atoms with E-state index in [9.17, 15) is 9.18 Å². The summed E-state index contributed by atoms with van der Waals surface area (Å²) < 4.78 is 13.0. The van der Waals surface area contributed by atoms with E-state index in [0.29, 0.717) is 17.8 Å². The van der Waals surface area contributed by atoms with Crippen LogP contribution in [-0.4, -0.2) is 38.6 Å². The van der Waals surface area contributed by atoms with Gasteiger partial charge in [-0.1, -0.05) is 0 Å². The van der Waals surface area contributed by atoms with Crippen LogP contribution in [0.25, 0.3) is 0 Å². The van der Waals surface area contributed by atoms with Crippen LogP contribution in [0.1, 0.15) is 5.56 Å². The first-order valence-corrected chi connectivity index (χ1v) is 8.28. The minimum absolute atomic E-state index is 0.0325. The van der Waals surface area contributed by atoms with Gasteiger partial charge in [-0.25, -0.2) is 4.39 Å². The van der Waals surface area contributed by atoms with Crippen LogP contribution < -0.4 is 15.1 Å². The predicted molar refractivity (Wildman–Crippen MR) is 94.0 cm³/mol. The van der Waals surface area contributed by atoms with E-state index in [1.54, 1.807) is 36.4 Å². The number of hydrogen-bond acceptors (Lipinski definition) is 3. The summed E-state index contributed by atoms with van der Waals surface area (Å²) in [6.45, 7) is 3.81. The third-order valence-electron chi connectivity index (χ3n) is 4.37. The quantitative estimate of drug-likeness (QED) is 0.875. The van der Waals surface area contributed by atoms with Crippen molar-refractivity contribution in [1.29, 1.82) is 5.26 Å². The second-order valence-electron chi connectivity index (χ2n) is 6.13. The molecular weight excluding hydrogens is 319 g/mol. The summed E-state index contributed by atoms with van der Waals surface area (Å²) in [6, 6.07) is 15.4. The molecule has 0 saturated carbocycles. The Morgan fingerprint density at radius 2 is 1.76 bits per heavy atom. The zero-order valence-corrected chi connectivity index (χ0v) is 13.8. The van der Waals surface area contributed by atoms with Crippen molar-refractivity contribution in [2.75, 3.05) is 42.9 Å². The molecule has 1 aliphatic rings. The molecule has 1 heterocycles. The lowest BCUT2D eigenvalue weighted by Crippen LogP contribution is -3.15. The molecule has 0 radical (unpaired) electrons. The Balaban J connectivity index is 1.47. The van der Waals surface area contributed by atoms with Crippen LogP contribution in [-0.2, 0) is 4.79 Å². The number of quaternary nitrogens is 1. The van der Waals surface area contributed by atoms with Crippen LogP contribution in [0.4, 0.5) is 15.8 Å². The molecule has 6 heteroatoms. The van der Waals surface area contributed by atoms with Gasteiger partial charge in [0, 0.05) is 11.4 Å². The van der Waals surface area contributed by atoms with Crippen molar-refractivity contribution in [1.82, 2.24) is 0 Å². The smallest absolute Gasteiger partial charge is 0.279 e. The minimum Gasteiger partial charge on any atom is -0.360 e. The lowest BCUT2D eigenvalue weighted by Gasteiger charge is -2.33. The summed E-state index contributed by atoms with van der Waals surface area (Å²) >= 11 is 0. The Hall–Kier alpha value is -2.91. The van der Waals surface area contributed by atoms with Gasteiger partial charge in [0.25, 0.3) is 5.91 Å². The van der Waals surface area contributed by atoms with Gasteiger partial charge >= 0.3 is 0 Å². The summed E-state index contributed by atoms with van der Waals surface area (Å²) in [6.07, 6.45) is 0. The molecule has 1 amide bonds. The molecule has 1 saturated heterocycles. The van der Waals surface area contributed by atoms with E-state index in [0.717, 1.165) is 31.9 Å². The highest BCUT2D eigenvalue weighted by atomic mass is 19.1. The largest absolute Gasteiger partial charge is 0.360 e. The summed E-state index contributed by atoms with van der Waals surface area (Å²) in [4.78, 5) is 15.6. The maximum absolute atomic E-state index is 13.0. The average Bonchev–Trinajstić information content (AvgIpc) is 2.64. The summed E-state index contributed by atoms with van der Waals surface area (Å²) in [5.41, 5.74) is 2.29. The lowest BCUT2D eigenvalue weighted by molar-refractivity contribution is -0.892. The fraction of sp³-hybridized carbons (Fsp3) is 0.263. The SMILES string of the molecule is N#Cc1ccc(NC(=O)C[NH+]2CCN(c3ccc(F)cc3)CC2)cc1. The Kier molecular flexibility index (Phi) is 5.26. The third-order valence-corrected chi connectivity index (χ3v) is 4.37. The van der Waals surface area contributed by atoms with Crippen LogP contribution in [0.2, 0.25) is 0 Å². The fourth-order valence-electron chi connectivity index (χ4n) is 2.97. The van der Waals surface area contributed by atoms with Gasteiger partial charge in [-0.15, -0.1) is 0 Å². The van der Waals surface area contributed by atoms with E-state index in [1.165, 1.54) is 17.0 Å². The Morgan fingerprint density at radius 1 is 1.12 bits per heavy atom. The summed E-state index contributed by atoms with van der Waals surface area (Å²) in [5, 5.41) is 11.6. The number of hydrogen-bond donors (Lipinski definition) is 2. The topological polar surface area (TPSA) is 60.6 Å². The van der Waals surface area contributed by atoms with Gasteiger partial charge in [0.15, 0.2) is 6.54 Å². The Labute approximate surface area is 146 Å². The van der Waals surface area contributed by atoms with E-state index in [2.05, 4.69) is 16.3 Å². The van der Waals surface area contributed by atoms with Gasteiger partial charge in [-0.05, 0) is 48.5 Å². The first-order valence-electron chi connectivity index (χ1n) is 8.28. The van der Waals surface area contributed by atoms with E-state index in [1.807, 2.05) is 0 Å². The number of nitrogens with zero attached hydrogens (tertiary/aromatic N) is 2. The van der Waals surface area contributed by atoms with E-state index < -0.39 is 0 Å². The number of nitrogens with one attached hydrogen (secondary N) is 2. The number of carbonyl (C=O) groups is 1. The first kappa shape index (κ1) is 16.9. The monoisotopic (exact) mass is 339 g/mol. The molecule has 0 aromatic heterocycles. The first-order chi connectivity index (χ1) is 12.1. The molecule has 1 aliphatic heterocycles. The number of carbonyl (C=O) groups excluding carboxylic acids is 1. The Bertz CT molecular complexity index is 760. The van der Waals surface area contributed by atoms with Crippen LogP contribution in [0.3, 0.4) is 0 Å². The van der Waals surface area contributed by atoms with Crippen LogP contribution in [0.5, 0.6) is 0 Å². The maximum atomic E-state index is 13.0. The lowest BCUT2D eigenvalue weighted by atomic mass is 10.2. The molecule has 2 N–H and O–H groups in total. The van der Waals surface area contributed by atoms with E-state index in [4.69, 9.17) is 5.26 Å². The average molecular weight is 339 g/mol. The van der Waals surface area contributed by atoms with Gasteiger partial charge in [-0.2, -0.15) is 5.26 Å². The van der Waals surface area contributed by atoms with Crippen LogP contribution in [0.15, 0.2) is 48.5 Å². The molecule has 2 aromatic carbocycles. The third kappa shape index (κ3) is 4.55. The molecule has 0 unspecified atom stereocenters. The standard InChI is InChI=1S/C19H19FN4O/c20-16-3-7-18(8-4-16)24-11-9-23(10-12-24)14-19(25)22-17-5-1-15(13-21)2-6-17/h1-8H,9-12,14H2,(H,22,25)/p+1. The Morgan fingerprint density at radius 3 is 2.36 bits per heavy atom. The van der Waals surface area contributed by atoms with Crippen molar-refractivity contribution in [3.05, 3.63) is 59.9 Å². The molecule has 0 bridgehead atoms. The van der Waals surface area contributed by atoms with Crippen molar-refractivity contribution >= 4 is 17.3 Å². The number of rotatable bonds is 4. The molecule has 5 nitrogen and oxygen atoms in total. The molecule has 0 spiro atoms. The number of benzene rings is 2. The van der Waals surface area contributed by atoms with Crippen molar-refractivity contribution in [2.45, 2.75) is 0 Å². The molecule has 25 heavy (non-hydrogen) atoms. The van der Waals surface area contributed by atoms with E-state index in [-0.39, 0.29) is 11.7 Å². The summed E-state index contributed by atoms with van der Waals surface area (Å²) in [7, 11) is 0. The van der Waals surface area contributed by atoms with Crippen molar-refractivity contribution in [2.24, 2.45) is 0 Å². The second-order valence-corrected chi connectivity index (χ2v) is 6.13.